The smallest absolute Gasteiger partial charge is 0.326 e. The Morgan fingerprint density at radius 3 is 2.03 bits per heavy atom. The fourth-order valence-corrected chi connectivity index (χ4v) is 2.73. The first kappa shape index (κ1) is 24.9. The number of benzene rings is 1. The van der Waals surface area contributed by atoms with E-state index >= 15 is 0 Å². The number of carboxylic acids is 2. The Morgan fingerprint density at radius 2 is 1.53 bits per heavy atom. The number of rotatable bonds is 12. The highest BCUT2D eigenvalue weighted by Crippen LogP contribution is 2.12. The van der Waals surface area contributed by atoms with Crippen LogP contribution in [0, 0.1) is 5.92 Å². The van der Waals surface area contributed by atoms with E-state index in [-0.39, 0.29) is 37.4 Å². The SMILES string of the molecule is CC(C)C[C@H](NC(=O)[C@@H](N)CCC(=O)O)C(=O)N[C@@H](Cc1ccc(O)cc1)C(=O)O. The van der Waals surface area contributed by atoms with Crippen LogP contribution in [-0.2, 0) is 25.6 Å². The van der Waals surface area contributed by atoms with Crippen LogP contribution in [0.5, 0.6) is 5.75 Å². The van der Waals surface area contributed by atoms with Crippen LogP contribution in [0.25, 0.3) is 0 Å². The molecule has 0 aromatic heterocycles. The lowest BCUT2D eigenvalue weighted by atomic mass is 10.0. The number of hydrogen-bond donors (Lipinski definition) is 6. The van der Waals surface area contributed by atoms with Crippen molar-refractivity contribution < 1.29 is 34.5 Å². The van der Waals surface area contributed by atoms with E-state index < -0.39 is 41.9 Å². The van der Waals surface area contributed by atoms with Crippen LogP contribution in [-0.4, -0.2) is 57.2 Å². The summed E-state index contributed by atoms with van der Waals surface area (Å²) < 4.78 is 0. The molecule has 0 saturated heterocycles. The van der Waals surface area contributed by atoms with Crippen LogP contribution in [0.1, 0.15) is 38.7 Å². The first-order valence-corrected chi connectivity index (χ1v) is 9.58. The Kier molecular flexibility index (Phi) is 9.76. The van der Waals surface area contributed by atoms with Gasteiger partial charge >= 0.3 is 11.9 Å². The van der Waals surface area contributed by atoms with Crippen molar-refractivity contribution in [2.75, 3.05) is 0 Å². The molecule has 0 aliphatic rings. The molecule has 1 rings (SSSR count). The second kappa shape index (κ2) is 11.8. The lowest BCUT2D eigenvalue weighted by Gasteiger charge is -2.24. The molecule has 0 radical (unpaired) electrons. The second-order valence-corrected chi connectivity index (χ2v) is 7.50. The maximum absolute atomic E-state index is 12.7. The molecule has 0 saturated carbocycles. The lowest BCUT2D eigenvalue weighted by molar-refractivity contribution is -0.142. The van der Waals surface area contributed by atoms with E-state index in [9.17, 15) is 29.4 Å². The van der Waals surface area contributed by atoms with E-state index in [1.807, 2.05) is 13.8 Å². The molecule has 0 aliphatic heterocycles. The van der Waals surface area contributed by atoms with Crippen LogP contribution < -0.4 is 16.4 Å². The predicted molar refractivity (Wildman–Crippen MR) is 108 cm³/mol. The largest absolute Gasteiger partial charge is 0.508 e. The number of amides is 2. The minimum Gasteiger partial charge on any atom is -0.508 e. The molecule has 7 N–H and O–H groups in total. The van der Waals surface area contributed by atoms with E-state index in [1.54, 1.807) is 12.1 Å². The average Bonchev–Trinajstić information content (AvgIpc) is 2.65. The molecule has 0 heterocycles. The number of nitrogens with two attached hydrogens (primary N) is 1. The van der Waals surface area contributed by atoms with Crippen LogP contribution in [0.3, 0.4) is 0 Å². The van der Waals surface area contributed by atoms with Gasteiger partial charge in [0.15, 0.2) is 0 Å². The van der Waals surface area contributed by atoms with Gasteiger partial charge in [-0.05, 0) is 36.5 Å². The zero-order chi connectivity index (χ0) is 22.8. The molecule has 0 fully saturated rings. The van der Waals surface area contributed by atoms with Crippen molar-refractivity contribution in [3.05, 3.63) is 29.8 Å². The molecule has 1 aromatic carbocycles. The number of carboxylic acid groups (broad SMARTS) is 2. The summed E-state index contributed by atoms with van der Waals surface area (Å²) in [6.45, 7) is 3.67. The second-order valence-electron chi connectivity index (χ2n) is 7.50. The molecule has 30 heavy (non-hydrogen) atoms. The Morgan fingerprint density at radius 1 is 0.967 bits per heavy atom. The molecule has 10 heteroatoms. The van der Waals surface area contributed by atoms with Gasteiger partial charge in [0.05, 0.1) is 6.04 Å². The molecule has 0 unspecified atom stereocenters. The number of carbonyl (C=O) groups excluding carboxylic acids is 2. The van der Waals surface area contributed by atoms with E-state index in [0.29, 0.717) is 5.56 Å². The summed E-state index contributed by atoms with van der Waals surface area (Å²) in [5, 5.41) is 32.4. The zero-order valence-corrected chi connectivity index (χ0v) is 17.0. The Labute approximate surface area is 174 Å². The van der Waals surface area contributed by atoms with Gasteiger partial charge in [0.25, 0.3) is 0 Å². The maximum Gasteiger partial charge on any atom is 0.326 e. The number of carbonyl (C=O) groups is 4. The van der Waals surface area contributed by atoms with Crippen molar-refractivity contribution in [1.29, 1.82) is 0 Å². The van der Waals surface area contributed by atoms with Gasteiger partial charge in [-0.1, -0.05) is 26.0 Å². The van der Waals surface area contributed by atoms with Crippen molar-refractivity contribution in [2.24, 2.45) is 11.7 Å². The number of aromatic hydroxyl groups is 1. The van der Waals surface area contributed by atoms with E-state index in [1.165, 1.54) is 12.1 Å². The summed E-state index contributed by atoms with van der Waals surface area (Å²) in [5.74, 6) is -3.64. The summed E-state index contributed by atoms with van der Waals surface area (Å²) in [5.41, 5.74) is 6.28. The first-order valence-electron chi connectivity index (χ1n) is 9.58. The monoisotopic (exact) mass is 423 g/mol. The highest BCUT2D eigenvalue weighted by atomic mass is 16.4. The minimum absolute atomic E-state index is 0.0108. The van der Waals surface area contributed by atoms with Gasteiger partial charge in [0.1, 0.15) is 17.8 Å². The molecular formula is C20H29N3O7. The molecule has 10 nitrogen and oxygen atoms in total. The topological polar surface area (TPSA) is 179 Å². The van der Waals surface area contributed by atoms with Gasteiger partial charge < -0.3 is 31.7 Å². The maximum atomic E-state index is 12.7. The van der Waals surface area contributed by atoms with Gasteiger partial charge in [0, 0.05) is 12.8 Å². The van der Waals surface area contributed by atoms with Gasteiger partial charge in [0.2, 0.25) is 11.8 Å². The average molecular weight is 423 g/mol. The van der Waals surface area contributed by atoms with Gasteiger partial charge in [-0.2, -0.15) is 0 Å². The number of phenolic OH excluding ortho intramolecular Hbond substituents is 1. The molecule has 2 amide bonds. The number of phenols is 1. The highest BCUT2D eigenvalue weighted by Gasteiger charge is 2.28. The molecule has 166 valence electrons. The zero-order valence-electron chi connectivity index (χ0n) is 17.0. The van der Waals surface area contributed by atoms with Crippen molar-refractivity contribution >= 4 is 23.8 Å². The van der Waals surface area contributed by atoms with Crippen molar-refractivity contribution in [2.45, 2.75) is 57.7 Å². The molecule has 1 aromatic rings. The molecule has 3 atom stereocenters. The molecule has 0 bridgehead atoms. The quantitative estimate of drug-likeness (QED) is 0.276. The number of nitrogens with one attached hydrogen (secondary N) is 2. The van der Waals surface area contributed by atoms with Crippen molar-refractivity contribution in [1.82, 2.24) is 10.6 Å². The third-order valence-electron chi connectivity index (χ3n) is 4.34. The van der Waals surface area contributed by atoms with E-state index in [4.69, 9.17) is 10.8 Å². The summed E-state index contributed by atoms with van der Waals surface area (Å²) >= 11 is 0. The summed E-state index contributed by atoms with van der Waals surface area (Å²) in [7, 11) is 0. The lowest BCUT2D eigenvalue weighted by Crippen LogP contribution is -2.55. The molecule has 0 spiro atoms. The van der Waals surface area contributed by atoms with Crippen molar-refractivity contribution in [3.8, 4) is 5.75 Å². The van der Waals surface area contributed by atoms with Gasteiger partial charge in [-0.25, -0.2) is 4.79 Å². The van der Waals surface area contributed by atoms with E-state index in [0.717, 1.165) is 0 Å². The van der Waals surface area contributed by atoms with Gasteiger partial charge in [-0.15, -0.1) is 0 Å². The Balaban J connectivity index is 2.83. The number of aliphatic carboxylic acids is 2. The van der Waals surface area contributed by atoms with Crippen LogP contribution >= 0.6 is 0 Å². The third kappa shape index (κ3) is 8.91. The molecule has 0 aliphatic carbocycles. The Bertz CT molecular complexity index is 749. The van der Waals surface area contributed by atoms with E-state index in [2.05, 4.69) is 10.6 Å². The summed E-state index contributed by atoms with van der Waals surface area (Å²) in [4.78, 5) is 47.2. The summed E-state index contributed by atoms with van der Waals surface area (Å²) in [6.07, 6.45) is -0.143. The van der Waals surface area contributed by atoms with Crippen LogP contribution in [0.15, 0.2) is 24.3 Å². The first-order chi connectivity index (χ1) is 14.0. The van der Waals surface area contributed by atoms with Crippen LogP contribution in [0.2, 0.25) is 0 Å². The minimum atomic E-state index is -1.25. The fourth-order valence-electron chi connectivity index (χ4n) is 2.73. The summed E-state index contributed by atoms with van der Waals surface area (Å²) in [6, 6.07) is 2.56. The highest BCUT2D eigenvalue weighted by molar-refractivity contribution is 5.92. The number of hydrogen-bond acceptors (Lipinski definition) is 6. The fraction of sp³-hybridized carbons (Fsp3) is 0.500. The van der Waals surface area contributed by atoms with Crippen LogP contribution in [0.4, 0.5) is 0 Å². The normalized spacial score (nSPS) is 13.9. The Hall–Kier alpha value is -3.14. The van der Waals surface area contributed by atoms with Crippen molar-refractivity contribution in [3.63, 3.8) is 0 Å². The standard InChI is InChI=1S/C20H29N3O7/c1-11(2)9-15(22-18(27)14(21)7-8-17(25)26)19(28)23-16(20(29)30)10-12-3-5-13(24)6-4-12/h3-6,11,14-16,24H,7-10,21H2,1-2H3,(H,22,27)(H,23,28)(H,25,26)(H,29,30)/t14-,15-,16-/m0/s1. The molecular weight excluding hydrogens is 394 g/mol. The van der Waals surface area contributed by atoms with Gasteiger partial charge in [-0.3, -0.25) is 14.4 Å². The third-order valence-corrected chi connectivity index (χ3v) is 4.34. The predicted octanol–water partition coefficient (Wildman–Crippen LogP) is 0.227.